The zero-order chi connectivity index (χ0) is 13.1. The molecule has 0 spiro atoms. The average Bonchev–Trinajstić information content (AvgIpc) is 2.71. The van der Waals surface area contributed by atoms with Crippen LogP contribution in [0.1, 0.15) is 40.1 Å². The topological polar surface area (TPSA) is 66.0 Å². The maximum Gasteiger partial charge on any atom is 0.356 e. The van der Waals surface area contributed by atoms with Gasteiger partial charge < -0.3 is 10.1 Å². The Bertz CT molecular complexity index is 556. The molecule has 4 heteroatoms. The third-order valence-corrected chi connectivity index (χ3v) is 2.94. The van der Waals surface area contributed by atoms with E-state index in [1.807, 2.05) is 0 Å². The second kappa shape index (κ2) is 5.04. The third-order valence-electron chi connectivity index (χ3n) is 2.94. The molecule has 2 N–H and O–H groups in total. The summed E-state index contributed by atoms with van der Waals surface area (Å²) in [4.78, 5) is 18.0. The predicted octanol–water partition coefficient (Wildman–Crippen LogP) is 2.57. The lowest BCUT2D eigenvalue weighted by Gasteiger charge is -2.00. The summed E-state index contributed by atoms with van der Waals surface area (Å²) in [5, 5.41) is 8.93. The number of carboxylic acids is 1. The molecule has 0 aliphatic heterocycles. The van der Waals surface area contributed by atoms with Crippen LogP contribution in [0.25, 0.3) is 0 Å². The number of rotatable bonds is 4. The second-order valence-electron chi connectivity index (χ2n) is 4.31. The van der Waals surface area contributed by atoms with Gasteiger partial charge in [0.1, 0.15) is 5.82 Å². The van der Waals surface area contributed by atoms with Crippen molar-refractivity contribution < 1.29 is 9.90 Å². The SMILES string of the molecule is CCc1ccc(Cc2nc(C(=O)O)c(C)[nH]2)cc1. The van der Waals surface area contributed by atoms with Crippen molar-refractivity contribution in [1.82, 2.24) is 9.97 Å². The van der Waals surface area contributed by atoms with Crippen LogP contribution in [-0.4, -0.2) is 21.0 Å². The number of aromatic nitrogens is 2. The van der Waals surface area contributed by atoms with Crippen molar-refractivity contribution in [3.63, 3.8) is 0 Å². The Labute approximate surface area is 106 Å². The van der Waals surface area contributed by atoms with E-state index in [1.54, 1.807) is 6.92 Å². The summed E-state index contributed by atoms with van der Waals surface area (Å²) in [7, 11) is 0. The first-order chi connectivity index (χ1) is 8.60. The molecular formula is C14H16N2O2. The van der Waals surface area contributed by atoms with Gasteiger partial charge in [-0.15, -0.1) is 0 Å². The largest absolute Gasteiger partial charge is 0.476 e. The Morgan fingerprint density at radius 3 is 2.39 bits per heavy atom. The highest BCUT2D eigenvalue weighted by atomic mass is 16.4. The average molecular weight is 244 g/mol. The van der Waals surface area contributed by atoms with Gasteiger partial charge in [0, 0.05) is 12.1 Å². The van der Waals surface area contributed by atoms with Crippen LogP contribution < -0.4 is 0 Å². The fourth-order valence-electron chi connectivity index (χ4n) is 1.90. The van der Waals surface area contributed by atoms with Crippen LogP contribution in [0, 0.1) is 6.92 Å². The normalized spacial score (nSPS) is 10.6. The van der Waals surface area contributed by atoms with E-state index in [0.29, 0.717) is 17.9 Å². The lowest BCUT2D eigenvalue weighted by Crippen LogP contribution is -1.99. The minimum Gasteiger partial charge on any atom is -0.476 e. The molecule has 18 heavy (non-hydrogen) atoms. The molecule has 0 amide bonds. The number of carbonyl (C=O) groups is 1. The Morgan fingerprint density at radius 1 is 1.28 bits per heavy atom. The highest BCUT2D eigenvalue weighted by molar-refractivity contribution is 5.86. The molecule has 0 bridgehead atoms. The van der Waals surface area contributed by atoms with E-state index in [-0.39, 0.29) is 5.69 Å². The number of nitrogens with one attached hydrogen (secondary N) is 1. The van der Waals surface area contributed by atoms with E-state index in [1.165, 1.54) is 5.56 Å². The molecule has 0 radical (unpaired) electrons. The highest BCUT2D eigenvalue weighted by Crippen LogP contribution is 2.11. The molecule has 2 aromatic rings. The van der Waals surface area contributed by atoms with E-state index < -0.39 is 5.97 Å². The molecule has 0 atom stereocenters. The summed E-state index contributed by atoms with van der Waals surface area (Å²) >= 11 is 0. The van der Waals surface area contributed by atoms with E-state index in [9.17, 15) is 4.79 Å². The molecule has 0 saturated carbocycles. The zero-order valence-electron chi connectivity index (χ0n) is 10.5. The molecule has 1 aromatic carbocycles. The van der Waals surface area contributed by atoms with Crippen molar-refractivity contribution >= 4 is 5.97 Å². The van der Waals surface area contributed by atoms with Gasteiger partial charge in [-0.3, -0.25) is 0 Å². The molecule has 1 heterocycles. The molecule has 0 unspecified atom stereocenters. The first kappa shape index (κ1) is 12.4. The number of aromatic amines is 1. The number of nitrogens with zero attached hydrogens (tertiary/aromatic N) is 1. The quantitative estimate of drug-likeness (QED) is 0.868. The molecule has 0 fully saturated rings. The van der Waals surface area contributed by atoms with Gasteiger partial charge in [0.15, 0.2) is 5.69 Å². The number of imidazole rings is 1. The van der Waals surface area contributed by atoms with Gasteiger partial charge in [-0.05, 0) is 24.5 Å². The molecular weight excluding hydrogens is 228 g/mol. The zero-order valence-corrected chi connectivity index (χ0v) is 10.5. The Kier molecular flexibility index (Phi) is 3.46. The van der Waals surface area contributed by atoms with Crippen molar-refractivity contribution in [1.29, 1.82) is 0 Å². The van der Waals surface area contributed by atoms with Crippen LogP contribution in [0.15, 0.2) is 24.3 Å². The summed E-state index contributed by atoms with van der Waals surface area (Å²) in [5.74, 6) is -0.300. The van der Waals surface area contributed by atoms with Crippen LogP contribution in [0.2, 0.25) is 0 Å². The first-order valence-electron chi connectivity index (χ1n) is 5.96. The van der Waals surface area contributed by atoms with Crippen molar-refractivity contribution in [2.45, 2.75) is 26.7 Å². The van der Waals surface area contributed by atoms with Gasteiger partial charge in [-0.25, -0.2) is 9.78 Å². The van der Waals surface area contributed by atoms with Crippen LogP contribution in [-0.2, 0) is 12.8 Å². The Morgan fingerprint density at radius 2 is 1.89 bits per heavy atom. The van der Waals surface area contributed by atoms with Crippen molar-refractivity contribution in [2.75, 3.05) is 0 Å². The van der Waals surface area contributed by atoms with E-state index in [4.69, 9.17) is 5.11 Å². The van der Waals surface area contributed by atoms with E-state index in [0.717, 1.165) is 12.0 Å². The summed E-state index contributed by atoms with van der Waals surface area (Å²) in [6.07, 6.45) is 1.64. The van der Waals surface area contributed by atoms with Gasteiger partial charge in [0.25, 0.3) is 0 Å². The van der Waals surface area contributed by atoms with E-state index >= 15 is 0 Å². The fraction of sp³-hybridized carbons (Fsp3) is 0.286. The van der Waals surface area contributed by atoms with Gasteiger partial charge in [-0.1, -0.05) is 31.2 Å². The lowest BCUT2D eigenvalue weighted by atomic mass is 10.1. The smallest absolute Gasteiger partial charge is 0.356 e. The number of hydrogen-bond acceptors (Lipinski definition) is 2. The molecule has 1 aromatic heterocycles. The summed E-state index contributed by atoms with van der Waals surface area (Å²) < 4.78 is 0. The standard InChI is InChI=1S/C14H16N2O2/c1-3-10-4-6-11(7-5-10)8-12-15-9(2)13(16-12)14(17)18/h4-7H,3,8H2,1-2H3,(H,15,16)(H,17,18). The predicted molar refractivity (Wildman–Crippen MR) is 68.9 cm³/mol. The summed E-state index contributed by atoms with van der Waals surface area (Å²) in [5.41, 5.74) is 3.12. The van der Waals surface area contributed by atoms with Crippen LogP contribution in [0.4, 0.5) is 0 Å². The number of aryl methyl sites for hydroxylation is 2. The maximum atomic E-state index is 10.9. The third kappa shape index (κ3) is 2.59. The second-order valence-corrected chi connectivity index (χ2v) is 4.31. The first-order valence-corrected chi connectivity index (χ1v) is 5.96. The van der Waals surface area contributed by atoms with Gasteiger partial charge in [0.2, 0.25) is 0 Å². The minimum atomic E-state index is -0.990. The Hall–Kier alpha value is -2.10. The van der Waals surface area contributed by atoms with Crippen LogP contribution in [0.3, 0.4) is 0 Å². The van der Waals surface area contributed by atoms with Gasteiger partial charge >= 0.3 is 5.97 Å². The molecule has 2 rings (SSSR count). The van der Waals surface area contributed by atoms with Crippen molar-refractivity contribution in [3.05, 3.63) is 52.6 Å². The minimum absolute atomic E-state index is 0.107. The summed E-state index contributed by atoms with van der Waals surface area (Å²) in [6.45, 7) is 3.84. The van der Waals surface area contributed by atoms with Crippen LogP contribution >= 0.6 is 0 Å². The highest BCUT2D eigenvalue weighted by Gasteiger charge is 2.13. The number of carboxylic acid groups (broad SMARTS) is 1. The van der Waals surface area contributed by atoms with Crippen molar-refractivity contribution in [2.24, 2.45) is 0 Å². The molecule has 0 saturated heterocycles. The van der Waals surface area contributed by atoms with Gasteiger partial charge in [-0.2, -0.15) is 0 Å². The van der Waals surface area contributed by atoms with Crippen molar-refractivity contribution in [3.8, 4) is 0 Å². The molecule has 0 aliphatic carbocycles. The monoisotopic (exact) mass is 244 g/mol. The maximum absolute atomic E-state index is 10.9. The van der Waals surface area contributed by atoms with E-state index in [2.05, 4.69) is 41.2 Å². The lowest BCUT2D eigenvalue weighted by molar-refractivity contribution is 0.0690. The Balaban J connectivity index is 2.18. The van der Waals surface area contributed by atoms with Crippen LogP contribution in [0.5, 0.6) is 0 Å². The number of H-pyrrole nitrogens is 1. The number of aromatic carboxylic acids is 1. The summed E-state index contributed by atoms with van der Waals surface area (Å²) in [6, 6.07) is 8.28. The molecule has 0 aliphatic rings. The molecule has 4 nitrogen and oxygen atoms in total. The van der Waals surface area contributed by atoms with Gasteiger partial charge in [0.05, 0.1) is 0 Å². The molecule has 94 valence electrons. The number of benzene rings is 1. The fourth-order valence-corrected chi connectivity index (χ4v) is 1.90. The number of hydrogen-bond donors (Lipinski definition) is 2.